The summed E-state index contributed by atoms with van der Waals surface area (Å²) in [7, 11) is 0. The lowest BCUT2D eigenvalue weighted by Gasteiger charge is -1.89. The molecule has 0 aliphatic carbocycles. The van der Waals surface area contributed by atoms with E-state index >= 15 is 0 Å². The van der Waals surface area contributed by atoms with Crippen LogP contribution in [0, 0.1) is 0 Å². The number of carbonyl (C=O) groups excluding carboxylic acids is 1. The van der Waals surface area contributed by atoms with Crippen LogP contribution in [-0.4, -0.2) is 12.6 Å². The van der Waals surface area contributed by atoms with Crippen LogP contribution >= 0.6 is 0 Å². The van der Waals surface area contributed by atoms with Crippen molar-refractivity contribution in [3.8, 4) is 0 Å². The van der Waals surface area contributed by atoms with E-state index in [0.717, 1.165) is 0 Å². The van der Waals surface area contributed by atoms with Crippen molar-refractivity contribution in [1.82, 2.24) is 0 Å². The minimum Gasteiger partial charge on any atom is -0.466 e. The SMILES string of the molecule is CCCCCC.CCCCCC.CCCCCC.CCCCCC.CCCCCC.CCCCCC.CCCCCC.CCCCCC.CCCCCC.CCCCCC.CCCCCC.CCOC(C)=O. The van der Waals surface area contributed by atoms with Crippen LogP contribution in [0.5, 0.6) is 0 Å². The highest BCUT2D eigenvalue weighted by molar-refractivity contribution is 5.65. The number of hydrogen-bond acceptors (Lipinski definition) is 2. The molecule has 0 heterocycles. The second-order valence-corrected chi connectivity index (χ2v) is 19.7. The molecule has 0 aromatic carbocycles. The number of esters is 1. The predicted octanol–water partition coefficient (Wildman–Crippen LogP) is 29.0. The first-order chi connectivity index (χ1) is 34.8. The van der Waals surface area contributed by atoms with E-state index in [4.69, 9.17) is 0 Å². The van der Waals surface area contributed by atoms with Crippen LogP contribution in [0.3, 0.4) is 0 Å². The summed E-state index contributed by atoms with van der Waals surface area (Å²) >= 11 is 0. The second kappa shape index (κ2) is 145. The van der Waals surface area contributed by atoms with Gasteiger partial charge in [0.1, 0.15) is 0 Å². The maximum atomic E-state index is 9.82. The van der Waals surface area contributed by atoms with E-state index in [-0.39, 0.29) is 5.97 Å². The molecule has 0 radical (unpaired) electrons. The van der Waals surface area contributed by atoms with Gasteiger partial charge in [0.2, 0.25) is 0 Å². The Labute approximate surface area is 468 Å². The normalized spacial score (nSPS) is 8.89. The fourth-order valence-electron chi connectivity index (χ4n) is 5.70. The summed E-state index contributed by atoms with van der Waals surface area (Å²) in [5.74, 6) is -0.211. The number of carbonyl (C=O) groups is 1. The fraction of sp³-hybridized carbons (Fsp3) is 0.986. The summed E-state index contributed by atoms with van der Waals surface area (Å²) in [6.07, 6.45) is 60.9. The third kappa shape index (κ3) is 259. The minimum absolute atomic E-state index is 0.211. The Morgan fingerprint density at radius 3 is 0.264 bits per heavy atom. The molecule has 0 atom stereocenters. The molecule has 0 N–H and O–H groups in total. The molecule has 0 bridgehead atoms. The molecule has 2 nitrogen and oxygen atoms in total. The molecular formula is C70H162O2. The van der Waals surface area contributed by atoms with Gasteiger partial charge in [0, 0.05) is 6.92 Å². The Balaban J connectivity index is -0.0000000545. The third-order valence-corrected chi connectivity index (χ3v) is 10.9. The molecule has 0 spiro atoms. The molecule has 0 aliphatic heterocycles. The highest BCUT2D eigenvalue weighted by Crippen LogP contribution is 2.00. The maximum absolute atomic E-state index is 9.82. The Morgan fingerprint density at radius 2 is 0.250 bits per heavy atom. The van der Waals surface area contributed by atoms with E-state index in [2.05, 4.69) is 157 Å². The van der Waals surface area contributed by atoms with E-state index in [1.165, 1.54) is 289 Å². The summed E-state index contributed by atoms with van der Waals surface area (Å²) < 4.78 is 4.40. The summed E-state index contributed by atoms with van der Waals surface area (Å²) in [4.78, 5) is 9.82. The van der Waals surface area contributed by atoms with Gasteiger partial charge in [-0.25, -0.2) is 0 Å². The highest BCUT2D eigenvalue weighted by atomic mass is 16.5. The molecule has 0 rings (SSSR count). The van der Waals surface area contributed by atoms with Crippen LogP contribution in [0.4, 0.5) is 0 Å². The lowest BCUT2D eigenvalue weighted by atomic mass is 10.2. The topological polar surface area (TPSA) is 26.3 Å². The zero-order valence-electron chi connectivity index (χ0n) is 57.1. The molecule has 72 heavy (non-hydrogen) atoms. The van der Waals surface area contributed by atoms with E-state index in [9.17, 15) is 4.79 Å². The van der Waals surface area contributed by atoms with Gasteiger partial charge in [0.25, 0.3) is 0 Å². The smallest absolute Gasteiger partial charge is 0.302 e. The average molecular weight is 1040 g/mol. The summed E-state index contributed by atoms with van der Waals surface area (Å²) in [5.41, 5.74) is 0. The zero-order valence-corrected chi connectivity index (χ0v) is 57.1. The number of ether oxygens (including phenoxy) is 1. The third-order valence-electron chi connectivity index (χ3n) is 10.9. The molecular weight excluding hydrogens is 873 g/mol. The molecule has 2 heteroatoms. The van der Waals surface area contributed by atoms with Crippen molar-refractivity contribution in [3.63, 3.8) is 0 Å². The molecule has 0 saturated heterocycles. The Kier molecular flexibility index (Phi) is 202. The van der Waals surface area contributed by atoms with Gasteiger partial charge in [-0.1, -0.05) is 435 Å². The molecule has 454 valence electrons. The van der Waals surface area contributed by atoms with Gasteiger partial charge in [-0.05, 0) is 6.92 Å². The van der Waals surface area contributed by atoms with Gasteiger partial charge in [0.05, 0.1) is 6.61 Å². The monoisotopic (exact) mass is 1040 g/mol. The van der Waals surface area contributed by atoms with E-state index in [1.54, 1.807) is 6.92 Å². The van der Waals surface area contributed by atoms with Crippen LogP contribution in [0.1, 0.15) is 449 Å². The highest BCUT2D eigenvalue weighted by Gasteiger charge is 1.83. The van der Waals surface area contributed by atoms with Gasteiger partial charge in [-0.3, -0.25) is 4.79 Å². The average Bonchev–Trinajstić information content (AvgIpc) is 3.40. The number of rotatable bonds is 34. The number of unbranched alkanes of at least 4 members (excludes halogenated alkanes) is 33. The minimum atomic E-state index is -0.211. The van der Waals surface area contributed by atoms with Crippen molar-refractivity contribution in [3.05, 3.63) is 0 Å². The molecule has 0 aromatic rings. The zero-order chi connectivity index (χ0) is 58.1. The molecule has 0 amide bonds. The van der Waals surface area contributed by atoms with Gasteiger partial charge < -0.3 is 4.74 Å². The van der Waals surface area contributed by atoms with Gasteiger partial charge in [-0.2, -0.15) is 0 Å². The van der Waals surface area contributed by atoms with Gasteiger partial charge >= 0.3 is 5.97 Å². The summed E-state index contributed by atoms with van der Waals surface area (Å²) in [6, 6.07) is 0. The van der Waals surface area contributed by atoms with Crippen molar-refractivity contribution in [2.45, 2.75) is 449 Å². The maximum Gasteiger partial charge on any atom is 0.302 e. The summed E-state index contributed by atoms with van der Waals surface area (Å²) in [6.45, 7) is 52.8. The van der Waals surface area contributed by atoms with Crippen LogP contribution in [-0.2, 0) is 9.53 Å². The van der Waals surface area contributed by atoms with Crippen molar-refractivity contribution in [2.24, 2.45) is 0 Å². The van der Waals surface area contributed by atoms with Crippen LogP contribution < -0.4 is 0 Å². The van der Waals surface area contributed by atoms with Gasteiger partial charge in [0.15, 0.2) is 0 Å². The van der Waals surface area contributed by atoms with E-state index in [0.29, 0.717) is 6.61 Å². The fourth-order valence-corrected chi connectivity index (χ4v) is 5.70. The molecule has 0 saturated carbocycles. The van der Waals surface area contributed by atoms with E-state index in [1.807, 2.05) is 0 Å². The number of hydrogen-bond donors (Lipinski definition) is 0. The van der Waals surface area contributed by atoms with Crippen LogP contribution in [0.15, 0.2) is 0 Å². The first-order valence-corrected chi connectivity index (χ1v) is 34.0. The van der Waals surface area contributed by atoms with Crippen LogP contribution in [0.25, 0.3) is 0 Å². The van der Waals surface area contributed by atoms with E-state index < -0.39 is 0 Å². The predicted molar refractivity (Wildman–Crippen MR) is 350 cm³/mol. The van der Waals surface area contributed by atoms with Crippen molar-refractivity contribution in [1.29, 1.82) is 0 Å². The Bertz CT molecular complexity index is 406. The van der Waals surface area contributed by atoms with Crippen molar-refractivity contribution in [2.75, 3.05) is 6.61 Å². The molecule has 0 unspecified atom stereocenters. The Hall–Kier alpha value is -0.530. The van der Waals surface area contributed by atoms with Crippen molar-refractivity contribution >= 4 is 5.97 Å². The van der Waals surface area contributed by atoms with Crippen molar-refractivity contribution < 1.29 is 9.53 Å². The Morgan fingerprint density at radius 1 is 0.181 bits per heavy atom. The molecule has 0 aromatic heterocycles. The molecule has 0 aliphatic rings. The van der Waals surface area contributed by atoms with Crippen LogP contribution in [0.2, 0.25) is 0 Å². The van der Waals surface area contributed by atoms with Gasteiger partial charge in [-0.15, -0.1) is 0 Å². The first-order valence-electron chi connectivity index (χ1n) is 34.0. The largest absolute Gasteiger partial charge is 0.466 e. The summed E-state index contributed by atoms with van der Waals surface area (Å²) in [5, 5.41) is 0. The molecule has 0 fully saturated rings. The quantitative estimate of drug-likeness (QED) is 0.0474. The lowest BCUT2D eigenvalue weighted by Crippen LogP contribution is -1.95. The first kappa shape index (κ1) is 100. The lowest BCUT2D eigenvalue weighted by molar-refractivity contribution is -0.140. The second-order valence-electron chi connectivity index (χ2n) is 19.7. The standard InChI is InChI=1S/11C6H14.C4H8O2/c11*1-3-5-6-4-2;1-3-6-4(2)5/h11*3-6H2,1-2H3;3H2,1-2H3.